The molecule has 0 N–H and O–H groups in total. The number of urea groups is 1. The number of nitrogens with zero attached hydrogens (tertiary/aromatic N) is 5. The van der Waals surface area contributed by atoms with Crippen LogP contribution in [0.1, 0.15) is 24.6 Å². The van der Waals surface area contributed by atoms with Crippen molar-refractivity contribution in [1.29, 1.82) is 0 Å². The third kappa shape index (κ3) is 4.00. The molecule has 1 unspecified atom stereocenters. The van der Waals surface area contributed by atoms with Crippen LogP contribution in [0.2, 0.25) is 0 Å². The molecule has 150 valence electrons. The van der Waals surface area contributed by atoms with Crippen LogP contribution in [-0.2, 0) is 7.05 Å². The number of hydrogen-bond donors (Lipinski definition) is 0. The van der Waals surface area contributed by atoms with Crippen molar-refractivity contribution in [2.45, 2.75) is 23.9 Å². The van der Waals surface area contributed by atoms with Crippen LogP contribution in [0.5, 0.6) is 0 Å². The molecule has 2 aromatic carbocycles. The fraction of sp³-hybridized carbons (Fsp3) is 0.318. The Morgan fingerprint density at radius 1 is 1.03 bits per heavy atom. The molecule has 4 rings (SSSR count). The fourth-order valence-electron chi connectivity index (χ4n) is 3.89. The van der Waals surface area contributed by atoms with Gasteiger partial charge in [-0.05, 0) is 43.4 Å². The van der Waals surface area contributed by atoms with Crippen molar-refractivity contribution < 1.29 is 4.79 Å². The highest BCUT2D eigenvalue weighted by Gasteiger charge is 2.31. The first-order valence-electron chi connectivity index (χ1n) is 9.81. The summed E-state index contributed by atoms with van der Waals surface area (Å²) in [5, 5.41) is 9.58. The lowest BCUT2D eigenvalue weighted by molar-refractivity contribution is 0.186. The van der Waals surface area contributed by atoms with Gasteiger partial charge in [0.2, 0.25) is 0 Å². The highest BCUT2D eigenvalue weighted by atomic mass is 32.2. The molecule has 2 amide bonds. The monoisotopic (exact) mass is 407 g/mol. The van der Waals surface area contributed by atoms with Crippen LogP contribution in [0.15, 0.2) is 65.8 Å². The number of thioether (sulfide) groups is 1. The number of carbonyl (C=O) groups excluding carboxylic acids is 1. The molecule has 0 saturated carbocycles. The number of amides is 2. The highest BCUT2D eigenvalue weighted by molar-refractivity contribution is 7.98. The first kappa shape index (κ1) is 19.5. The quantitative estimate of drug-likeness (QED) is 0.590. The van der Waals surface area contributed by atoms with E-state index in [4.69, 9.17) is 0 Å². The molecule has 2 heterocycles. The summed E-state index contributed by atoms with van der Waals surface area (Å²) in [5.41, 5.74) is 1.74. The van der Waals surface area contributed by atoms with Crippen molar-refractivity contribution in [3.05, 3.63) is 66.5 Å². The molecular formula is C22H25N5OS. The molecular weight excluding hydrogens is 382 g/mol. The molecule has 29 heavy (non-hydrogen) atoms. The fourth-order valence-corrected chi connectivity index (χ4v) is 4.38. The maximum Gasteiger partial charge on any atom is 0.329 e. The molecule has 7 heteroatoms. The van der Waals surface area contributed by atoms with Gasteiger partial charge >= 0.3 is 6.03 Å². The summed E-state index contributed by atoms with van der Waals surface area (Å²) in [6.45, 7) is 1.40. The maximum absolute atomic E-state index is 13.6. The minimum absolute atomic E-state index is 0.000594. The predicted molar refractivity (Wildman–Crippen MR) is 117 cm³/mol. The Hall–Kier alpha value is -2.80. The molecule has 0 radical (unpaired) electrons. The number of aromatic nitrogens is 3. The lowest BCUT2D eigenvalue weighted by Crippen LogP contribution is -2.46. The third-order valence-corrected chi connectivity index (χ3v) is 6.05. The average molecular weight is 408 g/mol. The van der Waals surface area contributed by atoms with Crippen LogP contribution in [-0.4, -0.2) is 45.0 Å². The summed E-state index contributed by atoms with van der Waals surface area (Å²) in [6.07, 6.45) is 3.97. The molecule has 0 bridgehead atoms. The number of rotatable bonds is 4. The maximum atomic E-state index is 13.6. The van der Waals surface area contributed by atoms with E-state index in [-0.39, 0.29) is 11.9 Å². The largest absolute Gasteiger partial charge is 0.329 e. The minimum atomic E-state index is -0.000594. The van der Waals surface area contributed by atoms with Crippen molar-refractivity contribution >= 4 is 29.2 Å². The summed E-state index contributed by atoms with van der Waals surface area (Å²) in [4.78, 5) is 17.4. The zero-order valence-electron chi connectivity index (χ0n) is 16.7. The van der Waals surface area contributed by atoms with Gasteiger partial charge in [0.15, 0.2) is 5.16 Å². The van der Waals surface area contributed by atoms with Crippen LogP contribution in [0, 0.1) is 0 Å². The van der Waals surface area contributed by atoms with E-state index in [1.807, 2.05) is 78.9 Å². The topological polar surface area (TPSA) is 54.3 Å². The Morgan fingerprint density at radius 3 is 2.21 bits per heavy atom. The molecule has 1 aliphatic rings. The second kappa shape index (κ2) is 8.69. The molecule has 1 fully saturated rings. The second-order valence-electron chi connectivity index (χ2n) is 7.18. The Balaban J connectivity index is 1.61. The Kier molecular flexibility index (Phi) is 5.85. The van der Waals surface area contributed by atoms with Crippen LogP contribution in [0.4, 0.5) is 16.2 Å². The second-order valence-corrected chi connectivity index (χ2v) is 7.95. The highest BCUT2D eigenvalue weighted by Crippen LogP contribution is 2.31. The lowest BCUT2D eigenvalue weighted by Gasteiger charge is -2.36. The summed E-state index contributed by atoms with van der Waals surface area (Å²) in [5.74, 6) is 1.15. The molecule has 0 spiro atoms. The molecule has 1 saturated heterocycles. The number of hydrogen-bond acceptors (Lipinski definition) is 4. The van der Waals surface area contributed by atoms with E-state index in [0.29, 0.717) is 6.54 Å². The zero-order valence-corrected chi connectivity index (χ0v) is 17.5. The van der Waals surface area contributed by atoms with E-state index in [9.17, 15) is 4.79 Å². The van der Waals surface area contributed by atoms with E-state index >= 15 is 0 Å². The summed E-state index contributed by atoms with van der Waals surface area (Å²) in [6, 6.07) is 19.7. The van der Waals surface area contributed by atoms with E-state index in [1.165, 1.54) is 0 Å². The van der Waals surface area contributed by atoms with Crippen LogP contribution < -0.4 is 4.90 Å². The first-order valence-corrected chi connectivity index (χ1v) is 11.0. The Labute approximate surface area is 175 Å². The van der Waals surface area contributed by atoms with E-state index in [2.05, 4.69) is 14.8 Å². The van der Waals surface area contributed by atoms with Crippen LogP contribution >= 0.6 is 11.8 Å². The van der Waals surface area contributed by atoms with Gasteiger partial charge in [0.1, 0.15) is 5.82 Å². The normalized spacial score (nSPS) is 16.6. The molecule has 0 aliphatic carbocycles. The minimum Gasteiger partial charge on any atom is -0.323 e. The molecule has 3 aromatic rings. The van der Waals surface area contributed by atoms with Gasteiger partial charge in [0.05, 0.1) is 11.4 Å². The number of para-hydroxylation sites is 2. The lowest BCUT2D eigenvalue weighted by atomic mass is 9.97. The third-order valence-electron chi connectivity index (χ3n) is 5.33. The van der Waals surface area contributed by atoms with E-state index in [1.54, 1.807) is 16.7 Å². The number of benzene rings is 2. The van der Waals surface area contributed by atoms with E-state index in [0.717, 1.165) is 41.7 Å². The standard InChI is InChI=1S/C22H25N5OS/c1-25-20(23-24-21(25)29-2)17-10-9-15-26(16-17)22(28)27(18-11-5-3-6-12-18)19-13-7-4-8-14-19/h3-8,11-14,17H,9-10,15-16H2,1-2H3. The van der Waals surface area contributed by atoms with Crippen molar-refractivity contribution in [1.82, 2.24) is 19.7 Å². The number of likely N-dealkylation sites (tertiary alicyclic amines) is 1. The van der Waals surface area contributed by atoms with Gasteiger partial charge in [-0.2, -0.15) is 0 Å². The SMILES string of the molecule is CSc1nnc(C2CCCN(C(=O)N(c3ccccc3)c3ccccc3)C2)n1C. The van der Waals surface area contributed by atoms with Gasteiger partial charge in [-0.1, -0.05) is 48.2 Å². The number of carbonyl (C=O) groups is 1. The predicted octanol–water partition coefficient (Wildman–Crippen LogP) is 4.67. The van der Waals surface area contributed by atoms with Gasteiger partial charge in [-0.25, -0.2) is 4.79 Å². The van der Waals surface area contributed by atoms with Crippen LogP contribution in [0.25, 0.3) is 0 Å². The zero-order chi connectivity index (χ0) is 20.2. The number of anilines is 2. The first-order chi connectivity index (χ1) is 14.2. The van der Waals surface area contributed by atoms with Crippen molar-refractivity contribution in [3.63, 3.8) is 0 Å². The smallest absolute Gasteiger partial charge is 0.323 e. The Bertz CT molecular complexity index is 920. The van der Waals surface area contributed by atoms with Gasteiger partial charge in [-0.15, -0.1) is 10.2 Å². The average Bonchev–Trinajstić information content (AvgIpc) is 3.16. The van der Waals surface area contributed by atoms with Crippen molar-refractivity contribution in [3.8, 4) is 0 Å². The molecule has 1 aromatic heterocycles. The summed E-state index contributed by atoms with van der Waals surface area (Å²) in [7, 11) is 2.00. The van der Waals surface area contributed by atoms with Gasteiger partial charge in [0, 0.05) is 26.1 Å². The Morgan fingerprint density at radius 2 is 1.66 bits per heavy atom. The summed E-state index contributed by atoms with van der Waals surface area (Å²) >= 11 is 1.59. The van der Waals surface area contributed by atoms with Gasteiger partial charge in [-0.3, -0.25) is 4.90 Å². The van der Waals surface area contributed by atoms with Gasteiger partial charge < -0.3 is 9.47 Å². The van der Waals surface area contributed by atoms with Crippen LogP contribution in [0.3, 0.4) is 0 Å². The molecule has 6 nitrogen and oxygen atoms in total. The van der Waals surface area contributed by atoms with Crippen molar-refractivity contribution in [2.75, 3.05) is 24.2 Å². The van der Waals surface area contributed by atoms with Crippen molar-refractivity contribution in [2.24, 2.45) is 7.05 Å². The number of piperidine rings is 1. The summed E-state index contributed by atoms with van der Waals surface area (Å²) < 4.78 is 2.05. The van der Waals surface area contributed by atoms with E-state index < -0.39 is 0 Å². The molecule has 1 atom stereocenters. The molecule has 1 aliphatic heterocycles. The van der Waals surface area contributed by atoms with Gasteiger partial charge in [0.25, 0.3) is 0 Å².